The molecular formula is C8H13ClO3. The summed E-state index contributed by atoms with van der Waals surface area (Å²) in [7, 11) is 0. The highest BCUT2D eigenvalue weighted by atomic mass is 35.5. The van der Waals surface area contributed by atoms with Crippen LogP contribution in [0.3, 0.4) is 0 Å². The molecule has 0 aliphatic heterocycles. The molecule has 0 aromatic heterocycles. The number of hydrogen-bond donors (Lipinski definition) is 0. The maximum Gasteiger partial charge on any atom is 0.404 e. The Hall–Kier alpha value is -0.570. The average molecular weight is 193 g/mol. The van der Waals surface area contributed by atoms with Crippen LogP contribution in [0.25, 0.3) is 0 Å². The zero-order valence-corrected chi connectivity index (χ0v) is 8.06. The molecule has 0 spiro atoms. The molecule has 0 radical (unpaired) electrons. The standard InChI is InChI=1S/C8H13ClO3/c1-6(2)3-4-7(10)5-12-8(9)11/h6H,3-5H2,1-2H3. The van der Waals surface area contributed by atoms with Gasteiger partial charge in [0.25, 0.3) is 0 Å². The largest absolute Gasteiger partial charge is 0.446 e. The van der Waals surface area contributed by atoms with Crippen molar-refractivity contribution in [2.45, 2.75) is 26.7 Å². The molecule has 0 aromatic rings. The Morgan fingerprint density at radius 1 is 1.42 bits per heavy atom. The fourth-order valence-electron chi connectivity index (χ4n) is 0.659. The Balaban J connectivity index is 3.40. The summed E-state index contributed by atoms with van der Waals surface area (Å²) in [5.74, 6) is 0.401. The van der Waals surface area contributed by atoms with Gasteiger partial charge in [0, 0.05) is 18.0 Å². The van der Waals surface area contributed by atoms with E-state index in [9.17, 15) is 9.59 Å². The summed E-state index contributed by atoms with van der Waals surface area (Å²) in [4.78, 5) is 21.0. The van der Waals surface area contributed by atoms with Crippen LogP contribution in [0.5, 0.6) is 0 Å². The smallest absolute Gasteiger partial charge is 0.404 e. The van der Waals surface area contributed by atoms with E-state index in [1.54, 1.807) is 0 Å². The Labute approximate surface area is 77.0 Å². The number of hydrogen-bond acceptors (Lipinski definition) is 3. The Morgan fingerprint density at radius 3 is 2.42 bits per heavy atom. The van der Waals surface area contributed by atoms with Gasteiger partial charge >= 0.3 is 5.43 Å². The van der Waals surface area contributed by atoms with Crippen LogP contribution in [-0.4, -0.2) is 17.8 Å². The highest BCUT2D eigenvalue weighted by Crippen LogP contribution is 2.04. The summed E-state index contributed by atoms with van der Waals surface area (Å²) >= 11 is 4.87. The predicted molar refractivity (Wildman–Crippen MR) is 46.3 cm³/mol. The summed E-state index contributed by atoms with van der Waals surface area (Å²) in [5.41, 5.74) is -0.923. The van der Waals surface area contributed by atoms with Gasteiger partial charge in [-0.1, -0.05) is 13.8 Å². The van der Waals surface area contributed by atoms with E-state index in [4.69, 9.17) is 11.6 Å². The van der Waals surface area contributed by atoms with Crippen molar-refractivity contribution in [2.75, 3.05) is 6.61 Å². The van der Waals surface area contributed by atoms with E-state index in [-0.39, 0.29) is 12.4 Å². The molecule has 0 N–H and O–H groups in total. The van der Waals surface area contributed by atoms with E-state index in [1.165, 1.54) is 0 Å². The molecule has 0 unspecified atom stereocenters. The van der Waals surface area contributed by atoms with Crippen LogP contribution in [0.4, 0.5) is 4.79 Å². The number of rotatable bonds is 5. The van der Waals surface area contributed by atoms with Crippen molar-refractivity contribution in [1.29, 1.82) is 0 Å². The molecule has 0 bridgehead atoms. The molecule has 70 valence electrons. The van der Waals surface area contributed by atoms with Crippen LogP contribution in [0.15, 0.2) is 0 Å². The molecule has 3 nitrogen and oxygen atoms in total. The van der Waals surface area contributed by atoms with Crippen LogP contribution in [0.2, 0.25) is 0 Å². The van der Waals surface area contributed by atoms with Gasteiger partial charge in [0.2, 0.25) is 0 Å². The second-order valence-corrected chi connectivity index (χ2v) is 3.31. The summed E-state index contributed by atoms with van der Waals surface area (Å²) < 4.78 is 4.31. The van der Waals surface area contributed by atoms with Crippen LogP contribution >= 0.6 is 11.6 Å². The van der Waals surface area contributed by atoms with Crippen LogP contribution in [0, 0.1) is 5.92 Å². The van der Waals surface area contributed by atoms with Crippen LogP contribution in [-0.2, 0) is 9.53 Å². The summed E-state index contributed by atoms with van der Waals surface area (Å²) in [6.07, 6.45) is 1.26. The molecule has 0 aromatic carbocycles. The zero-order valence-electron chi connectivity index (χ0n) is 7.30. The van der Waals surface area contributed by atoms with Gasteiger partial charge < -0.3 is 4.74 Å². The molecule has 0 amide bonds. The van der Waals surface area contributed by atoms with E-state index < -0.39 is 5.43 Å². The lowest BCUT2D eigenvalue weighted by Gasteiger charge is -2.02. The lowest BCUT2D eigenvalue weighted by atomic mass is 10.1. The fourth-order valence-corrected chi connectivity index (χ4v) is 0.714. The number of halogens is 1. The lowest BCUT2D eigenvalue weighted by Crippen LogP contribution is -2.10. The molecule has 0 saturated carbocycles. The first-order valence-corrected chi connectivity index (χ1v) is 4.24. The van der Waals surface area contributed by atoms with Gasteiger partial charge in [0.1, 0.15) is 0 Å². The molecule has 0 fully saturated rings. The first-order chi connectivity index (χ1) is 5.52. The molecule has 0 saturated heterocycles. The summed E-state index contributed by atoms with van der Waals surface area (Å²) in [6.45, 7) is 3.86. The second kappa shape index (κ2) is 6.00. The monoisotopic (exact) mass is 192 g/mol. The molecule has 12 heavy (non-hydrogen) atoms. The van der Waals surface area contributed by atoms with Crippen molar-refractivity contribution in [3.63, 3.8) is 0 Å². The summed E-state index contributed by atoms with van der Waals surface area (Å²) in [6, 6.07) is 0. The SMILES string of the molecule is CC(C)CCC(=O)COC(=O)Cl. The third-order valence-corrected chi connectivity index (χ3v) is 1.46. The van der Waals surface area contributed by atoms with E-state index in [1.807, 2.05) is 13.8 Å². The lowest BCUT2D eigenvalue weighted by molar-refractivity contribution is -0.121. The fraction of sp³-hybridized carbons (Fsp3) is 0.750. The molecule has 4 heteroatoms. The first kappa shape index (κ1) is 11.4. The average Bonchev–Trinajstić information content (AvgIpc) is 1.96. The molecule has 0 heterocycles. The number of ether oxygens (including phenoxy) is 1. The highest BCUT2D eigenvalue weighted by molar-refractivity contribution is 6.61. The predicted octanol–water partition coefficient (Wildman–Crippen LogP) is 2.37. The van der Waals surface area contributed by atoms with Crippen molar-refractivity contribution in [2.24, 2.45) is 5.92 Å². The normalized spacial score (nSPS) is 10.0. The minimum Gasteiger partial charge on any atom is -0.446 e. The van der Waals surface area contributed by atoms with Gasteiger partial charge in [0.05, 0.1) is 0 Å². The Kier molecular flexibility index (Phi) is 5.72. The molecule has 0 atom stereocenters. The molecule has 0 rings (SSSR count). The second-order valence-electron chi connectivity index (χ2n) is 3.00. The minimum absolute atomic E-state index is 0.0855. The van der Waals surface area contributed by atoms with E-state index in [2.05, 4.69) is 4.74 Å². The quantitative estimate of drug-likeness (QED) is 0.628. The van der Waals surface area contributed by atoms with Crippen molar-refractivity contribution < 1.29 is 14.3 Å². The van der Waals surface area contributed by atoms with Gasteiger partial charge in [-0.2, -0.15) is 0 Å². The van der Waals surface area contributed by atoms with Gasteiger partial charge in [-0.15, -0.1) is 0 Å². The van der Waals surface area contributed by atoms with Gasteiger partial charge in [-0.3, -0.25) is 4.79 Å². The zero-order chi connectivity index (χ0) is 9.56. The number of ketones is 1. The minimum atomic E-state index is -0.923. The van der Waals surface area contributed by atoms with Crippen molar-refractivity contribution in [3.05, 3.63) is 0 Å². The van der Waals surface area contributed by atoms with Gasteiger partial charge in [-0.25, -0.2) is 4.79 Å². The Bertz CT molecular complexity index is 166. The number of carbonyl (C=O) groups is 2. The van der Waals surface area contributed by atoms with Crippen molar-refractivity contribution in [1.82, 2.24) is 0 Å². The van der Waals surface area contributed by atoms with Crippen LogP contribution < -0.4 is 0 Å². The molecule has 0 aliphatic carbocycles. The first-order valence-electron chi connectivity index (χ1n) is 3.86. The number of carbonyl (C=O) groups excluding carboxylic acids is 2. The molecule has 0 aliphatic rings. The third kappa shape index (κ3) is 7.54. The van der Waals surface area contributed by atoms with E-state index in [0.717, 1.165) is 6.42 Å². The molecular weight excluding hydrogens is 180 g/mol. The van der Waals surface area contributed by atoms with Crippen molar-refractivity contribution >= 4 is 22.8 Å². The Morgan fingerprint density at radius 2 is 2.00 bits per heavy atom. The number of Topliss-reactive ketones (excluding diaryl/α,β-unsaturated/α-hetero) is 1. The highest BCUT2D eigenvalue weighted by Gasteiger charge is 2.05. The third-order valence-electron chi connectivity index (χ3n) is 1.35. The van der Waals surface area contributed by atoms with E-state index in [0.29, 0.717) is 12.3 Å². The van der Waals surface area contributed by atoms with E-state index >= 15 is 0 Å². The van der Waals surface area contributed by atoms with Gasteiger partial charge in [-0.05, 0) is 12.3 Å². The van der Waals surface area contributed by atoms with Crippen LogP contribution in [0.1, 0.15) is 26.7 Å². The maximum absolute atomic E-state index is 10.9. The van der Waals surface area contributed by atoms with Gasteiger partial charge in [0.15, 0.2) is 12.4 Å². The van der Waals surface area contributed by atoms with Crippen molar-refractivity contribution in [3.8, 4) is 0 Å². The maximum atomic E-state index is 10.9. The summed E-state index contributed by atoms with van der Waals surface area (Å²) in [5, 5.41) is 0. The topological polar surface area (TPSA) is 43.4 Å².